The van der Waals surface area contributed by atoms with Crippen LogP contribution in [0.5, 0.6) is 0 Å². The second-order valence-corrected chi connectivity index (χ2v) is 17.5. The van der Waals surface area contributed by atoms with E-state index in [0.29, 0.717) is 6.61 Å². The lowest BCUT2D eigenvalue weighted by Gasteiger charge is -2.20. The fourth-order valence-electron chi connectivity index (χ4n) is 6.52. The van der Waals surface area contributed by atoms with Crippen LogP contribution < -0.4 is 0 Å². The van der Waals surface area contributed by atoms with Gasteiger partial charge in [-0.25, -0.2) is 4.57 Å². The molecule has 0 spiro atoms. The van der Waals surface area contributed by atoms with Crippen molar-refractivity contribution >= 4 is 13.8 Å². The maximum Gasteiger partial charge on any atom is 0.472 e. The molecule has 3 unspecified atom stereocenters. The molecule has 0 saturated carbocycles. The molecule has 60 heavy (non-hydrogen) atoms. The van der Waals surface area contributed by atoms with E-state index in [1.807, 2.05) is 0 Å². The number of ether oxygens (including phenoxy) is 2. The van der Waals surface area contributed by atoms with Gasteiger partial charge in [-0.1, -0.05) is 184 Å². The number of allylic oxidation sites excluding steroid dienone is 10. The van der Waals surface area contributed by atoms with Crippen LogP contribution in [0.2, 0.25) is 0 Å². The average molecular weight is 867 g/mol. The highest BCUT2D eigenvalue weighted by atomic mass is 31.2. The van der Waals surface area contributed by atoms with Crippen molar-refractivity contribution in [2.45, 2.75) is 219 Å². The van der Waals surface area contributed by atoms with Gasteiger partial charge >= 0.3 is 13.8 Å². The van der Waals surface area contributed by atoms with Crippen molar-refractivity contribution in [3.63, 3.8) is 0 Å². The zero-order valence-electron chi connectivity index (χ0n) is 38.4. The second kappa shape index (κ2) is 46.7. The lowest BCUT2D eigenvalue weighted by atomic mass is 10.1. The molecule has 0 aromatic carbocycles. The summed E-state index contributed by atoms with van der Waals surface area (Å²) in [4.78, 5) is 22.7. The molecule has 0 heterocycles. The Kier molecular flexibility index (Phi) is 45.2. The van der Waals surface area contributed by atoms with Crippen LogP contribution in [-0.4, -0.2) is 66.3 Å². The molecule has 3 N–H and O–H groups in total. The monoisotopic (exact) mass is 867 g/mol. The van der Waals surface area contributed by atoms with E-state index in [1.54, 1.807) is 0 Å². The Labute approximate surface area is 368 Å². The van der Waals surface area contributed by atoms with Gasteiger partial charge in [-0.2, -0.15) is 0 Å². The molecule has 350 valence electrons. The maximum atomic E-state index is 12.7. The largest absolute Gasteiger partial charge is 0.472 e. The molecule has 9 nitrogen and oxygen atoms in total. The van der Waals surface area contributed by atoms with Crippen molar-refractivity contribution in [1.29, 1.82) is 0 Å². The predicted octanol–water partition coefficient (Wildman–Crippen LogP) is 13.9. The van der Waals surface area contributed by atoms with E-state index in [2.05, 4.69) is 74.6 Å². The van der Waals surface area contributed by atoms with Gasteiger partial charge in [0.15, 0.2) is 0 Å². The Morgan fingerprint density at radius 3 is 1.45 bits per heavy atom. The van der Waals surface area contributed by atoms with Crippen molar-refractivity contribution in [2.24, 2.45) is 0 Å². The number of esters is 1. The number of rotatable bonds is 46. The molecule has 0 aromatic rings. The SMILES string of the molecule is CC/C=C\C/C=C\C/C=C\C/C=C\CCCCCCCOCC(COP(=O)(O)OCC(O)CO)OC(=O)CCCCCCCCCCC/C=C\CCCCCCCCCC. The summed E-state index contributed by atoms with van der Waals surface area (Å²) in [6.07, 6.45) is 54.7. The van der Waals surface area contributed by atoms with E-state index in [1.165, 1.54) is 103 Å². The number of carbonyl (C=O) groups is 1. The zero-order chi connectivity index (χ0) is 43.9. The molecule has 0 fully saturated rings. The molecule has 0 radical (unpaired) electrons. The standard InChI is InChI=1S/C50H91O9P/c1-3-5-7-9-11-13-15-17-19-21-23-24-25-26-28-30-32-34-36-38-40-42-50(53)59-49(47-58-60(54,55)57-45-48(52)44-51)46-56-43-41-39-37-35-33-31-29-27-22-20-18-16-14-12-10-8-6-4-2/h6,8,12,14,18,20-21,23,27,29,48-49,51-52H,3-5,7,9-11,13,15-17,19,22,24-26,28,30-47H2,1-2H3,(H,54,55)/b8-6-,14-12-,20-18-,23-21-,29-27-. The normalized spacial score (nSPS) is 14.4. The van der Waals surface area contributed by atoms with Crippen LogP contribution in [0, 0.1) is 0 Å². The number of hydrogen-bond acceptors (Lipinski definition) is 8. The number of hydrogen-bond donors (Lipinski definition) is 3. The van der Waals surface area contributed by atoms with Crippen LogP contribution in [0.15, 0.2) is 60.8 Å². The van der Waals surface area contributed by atoms with Crippen LogP contribution in [0.4, 0.5) is 0 Å². The lowest BCUT2D eigenvalue weighted by molar-refractivity contribution is -0.154. The predicted molar refractivity (Wildman–Crippen MR) is 251 cm³/mol. The highest BCUT2D eigenvalue weighted by molar-refractivity contribution is 7.47. The van der Waals surface area contributed by atoms with Gasteiger partial charge in [-0.3, -0.25) is 13.8 Å². The molecule has 10 heteroatoms. The maximum absolute atomic E-state index is 12.7. The number of phosphoric acid groups is 1. The van der Waals surface area contributed by atoms with Crippen molar-refractivity contribution in [2.75, 3.05) is 33.0 Å². The van der Waals surface area contributed by atoms with Gasteiger partial charge in [0.2, 0.25) is 0 Å². The summed E-state index contributed by atoms with van der Waals surface area (Å²) in [6.45, 7) is 3.37. The molecule has 0 saturated heterocycles. The van der Waals surface area contributed by atoms with Gasteiger partial charge in [0, 0.05) is 13.0 Å². The summed E-state index contributed by atoms with van der Waals surface area (Å²) in [5, 5.41) is 18.4. The summed E-state index contributed by atoms with van der Waals surface area (Å²) in [5.41, 5.74) is 0. The Balaban J connectivity index is 4.14. The Hall–Kier alpha value is -1.84. The molecule has 0 amide bonds. The van der Waals surface area contributed by atoms with Gasteiger partial charge in [0.05, 0.1) is 26.4 Å². The minimum atomic E-state index is -4.53. The first-order chi connectivity index (χ1) is 29.3. The molecular formula is C50H91O9P. The molecule has 0 aromatic heterocycles. The number of aliphatic hydroxyl groups is 2. The molecular weight excluding hydrogens is 776 g/mol. The van der Waals surface area contributed by atoms with Crippen molar-refractivity contribution in [3.8, 4) is 0 Å². The number of unbranched alkanes of at least 4 members (excludes halogenated alkanes) is 22. The molecule has 0 aliphatic rings. The summed E-state index contributed by atoms with van der Waals surface area (Å²) >= 11 is 0. The molecule has 0 bridgehead atoms. The smallest absolute Gasteiger partial charge is 0.457 e. The van der Waals surface area contributed by atoms with E-state index in [-0.39, 0.29) is 19.6 Å². The second-order valence-electron chi connectivity index (χ2n) is 16.1. The highest BCUT2D eigenvalue weighted by Gasteiger charge is 2.26. The summed E-state index contributed by atoms with van der Waals surface area (Å²) in [6, 6.07) is 0. The number of aliphatic hydroxyl groups excluding tert-OH is 2. The number of carbonyl (C=O) groups excluding carboxylic acids is 1. The van der Waals surface area contributed by atoms with E-state index in [9.17, 15) is 19.4 Å². The van der Waals surface area contributed by atoms with Gasteiger partial charge in [-0.15, -0.1) is 0 Å². The summed E-state index contributed by atoms with van der Waals surface area (Å²) in [5.74, 6) is -0.392. The molecule has 0 rings (SSSR count). The van der Waals surface area contributed by atoms with Gasteiger partial charge in [0.25, 0.3) is 0 Å². The minimum Gasteiger partial charge on any atom is -0.457 e. The summed E-state index contributed by atoms with van der Waals surface area (Å²) < 4.78 is 33.5. The Morgan fingerprint density at radius 2 is 0.950 bits per heavy atom. The fourth-order valence-corrected chi connectivity index (χ4v) is 7.31. The fraction of sp³-hybridized carbons (Fsp3) is 0.780. The Morgan fingerprint density at radius 1 is 0.533 bits per heavy atom. The first-order valence-electron chi connectivity index (χ1n) is 24.3. The highest BCUT2D eigenvalue weighted by Crippen LogP contribution is 2.43. The van der Waals surface area contributed by atoms with Gasteiger partial charge < -0.3 is 24.6 Å². The van der Waals surface area contributed by atoms with E-state index < -0.39 is 39.2 Å². The van der Waals surface area contributed by atoms with Crippen LogP contribution in [0.3, 0.4) is 0 Å². The van der Waals surface area contributed by atoms with Crippen LogP contribution in [0.25, 0.3) is 0 Å². The topological polar surface area (TPSA) is 132 Å². The van der Waals surface area contributed by atoms with Crippen molar-refractivity contribution in [1.82, 2.24) is 0 Å². The third kappa shape index (κ3) is 45.7. The van der Waals surface area contributed by atoms with Gasteiger partial charge in [-0.05, 0) is 77.0 Å². The molecule has 0 aliphatic carbocycles. The average Bonchev–Trinajstić information content (AvgIpc) is 3.24. The minimum absolute atomic E-state index is 0.0342. The quantitative estimate of drug-likeness (QED) is 0.0237. The van der Waals surface area contributed by atoms with E-state index >= 15 is 0 Å². The third-order valence-electron chi connectivity index (χ3n) is 10.2. The Bertz CT molecular complexity index is 1120. The molecule has 3 atom stereocenters. The summed E-state index contributed by atoms with van der Waals surface area (Å²) in [7, 11) is -4.53. The van der Waals surface area contributed by atoms with Crippen molar-refractivity contribution in [3.05, 3.63) is 60.8 Å². The van der Waals surface area contributed by atoms with Crippen LogP contribution in [0.1, 0.15) is 206 Å². The van der Waals surface area contributed by atoms with Crippen molar-refractivity contribution < 1.29 is 43.0 Å². The van der Waals surface area contributed by atoms with E-state index in [0.717, 1.165) is 83.5 Å². The van der Waals surface area contributed by atoms with Gasteiger partial charge in [0.1, 0.15) is 12.2 Å². The first kappa shape index (κ1) is 58.2. The number of phosphoric ester groups is 1. The third-order valence-corrected chi connectivity index (χ3v) is 11.1. The molecule has 0 aliphatic heterocycles. The lowest BCUT2D eigenvalue weighted by Crippen LogP contribution is -2.29. The zero-order valence-corrected chi connectivity index (χ0v) is 39.3. The first-order valence-corrected chi connectivity index (χ1v) is 25.8. The van der Waals surface area contributed by atoms with Crippen LogP contribution >= 0.6 is 7.82 Å². The van der Waals surface area contributed by atoms with Crippen LogP contribution in [-0.2, 0) is 27.9 Å². The van der Waals surface area contributed by atoms with E-state index in [4.69, 9.17) is 23.6 Å².